The van der Waals surface area contributed by atoms with Crippen molar-refractivity contribution in [2.75, 3.05) is 13.2 Å². The Labute approximate surface area is 154 Å². The lowest BCUT2D eigenvalue weighted by atomic mass is 10.0. The highest BCUT2D eigenvalue weighted by Crippen LogP contribution is 2.16. The van der Waals surface area contributed by atoms with Gasteiger partial charge in [0, 0.05) is 6.42 Å². The minimum absolute atomic E-state index is 0.0352. The van der Waals surface area contributed by atoms with Gasteiger partial charge in [-0.15, -0.1) is 11.3 Å². The number of thiophene rings is 1. The largest absolute Gasteiger partial charge is 0.463 e. The molecule has 1 aliphatic heterocycles. The van der Waals surface area contributed by atoms with Crippen LogP contribution in [-0.2, 0) is 19.1 Å². The number of hydrogen-bond donors (Lipinski definition) is 2. The molecule has 1 atom stereocenters. The van der Waals surface area contributed by atoms with Crippen LogP contribution in [0, 0.1) is 0 Å². The van der Waals surface area contributed by atoms with E-state index in [1.54, 1.807) is 31.4 Å². The highest BCUT2D eigenvalue weighted by Gasteiger charge is 2.30. The highest BCUT2D eigenvalue weighted by molar-refractivity contribution is 7.12. The van der Waals surface area contributed by atoms with E-state index in [1.807, 2.05) is 0 Å². The maximum absolute atomic E-state index is 12.1. The number of ketones is 1. The first-order valence-electron chi connectivity index (χ1n) is 8.12. The van der Waals surface area contributed by atoms with E-state index in [-0.39, 0.29) is 43.1 Å². The molecule has 0 aromatic carbocycles. The predicted molar refractivity (Wildman–Crippen MR) is 93.6 cm³/mol. The number of nitrogens with one attached hydrogen (secondary N) is 2. The average Bonchev–Trinajstić information content (AvgIpc) is 3.12. The fraction of sp³-hybridized carbons (Fsp3) is 0.412. The second-order valence-electron chi connectivity index (χ2n) is 5.49. The van der Waals surface area contributed by atoms with Gasteiger partial charge in [-0.1, -0.05) is 6.07 Å². The number of ether oxygens (including phenoxy) is 2. The summed E-state index contributed by atoms with van der Waals surface area (Å²) in [5, 5.41) is 6.80. The van der Waals surface area contributed by atoms with Gasteiger partial charge in [-0.25, -0.2) is 9.59 Å². The zero-order valence-corrected chi connectivity index (χ0v) is 15.3. The molecule has 0 radical (unpaired) electrons. The van der Waals surface area contributed by atoms with E-state index in [1.165, 1.54) is 11.3 Å². The Morgan fingerprint density at radius 2 is 2.00 bits per heavy atom. The number of rotatable bonds is 8. The van der Waals surface area contributed by atoms with Crippen LogP contribution in [0.1, 0.15) is 36.4 Å². The topological polar surface area (TPSA) is 111 Å². The van der Waals surface area contributed by atoms with Crippen molar-refractivity contribution in [3.8, 4) is 0 Å². The lowest BCUT2D eigenvalue weighted by Crippen LogP contribution is -2.50. The zero-order chi connectivity index (χ0) is 19.1. The number of carbonyl (C=O) groups excluding carboxylic acids is 4. The average molecular weight is 380 g/mol. The van der Waals surface area contributed by atoms with Crippen molar-refractivity contribution in [1.29, 1.82) is 0 Å². The Balaban J connectivity index is 1.94. The van der Waals surface area contributed by atoms with Crippen LogP contribution in [0.2, 0.25) is 0 Å². The van der Waals surface area contributed by atoms with Crippen molar-refractivity contribution < 1.29 is 28.7 Å². The summed E-state index contributed by atoms with van der Waals surface area (Å²) in [6, 6.07) is 2.39. The van der Waals surface area contributed by atoms with E-state index in [0.29, 0.717) is 4.88 Å². The molecule has 26 heavy (non-hydrogen) atoms. The maximum atomic E-state index is 12.1. The number of urea groups is 1. The molecule has 1 aliphatic rings. The lowest BCUT2D eigenvalue weighted by Gasteiger charge is -2.26. The Morgan fingerprint density at radius 1 is 1.23 bits per heavy atom. The van der Waals surface area contributed by atoms with Crippen molar-refractivity contribution in [2.24, 2.45) is 0 Å². The van der Waals surface area contributed by atoms with Gasteiger partial charge >= 0.3 is 18.0 Å². The van der Waals surface area contributed by atoms with E-state index in [2.05, 4.69) is 10.6 Å². The van der Waals surface area contributed by atoms with Crippen LogP contribution in [0.4, 0.5) is 4.79 Å². The van der Waals surface area contributed by atoms with Gasteiger partial charge in [-0.2, -0.15) is 0 Å². The molecular weight excluding hydrogens is 360 g/mol. The summed E-state index contributed by atoms with van der Waals surface area (Å²) >= 11 is 1.31. The number of carbonyl (C=O) groups is 4. The Kier molecular flexibility index (Phi) is 6.90. The first-order chi connectivity index (χ1) is 12.4. The van der Waals surface area contributed by atoms with Gasteiger partial charge in [0.05, 0.1) is 35.2 Å². The third kappa shape index (κ3) is 5.16. The Bertz CT molecular complexity index is 726. The Morgan fingerprint density at radius 3 is 2.65 bits per heavy atom. The first kappa shape index (κ1) is 19.6. The SMILES string of the molecule is CCOC(=O)C1=C(COC(=O)CCC(=O)c2cccs2)NC(=O)N[C@@H]1C. The number of hydrogen-bond acceptors (Lipinski definition) is 7. The quantitative estimate of drug-likeness (QED) is 0.525. The van der Waals surface area contributed by atoms with Gasteiger partial charge in [0.2, 0.25) is 0 Å². The van der Waals surface area contributed by atoms with Crippen LogP contribution < -0.4 is 10.6 Å². The fourth-order valence-electron chi connectivity index (χ4n) is 2.39. The number of esters is 2. The molecule has 0 saturated carbocycles. The molecule has 2 N–H and O–H groups in total. The molecule has 0 unspecified atom stereocenters. The molecular formula is C17H20N2O6S. The second-order valence-corrected chi connectivity index (χ2v) is 6.44. The molecule has 8 nitrogen and oxygen atoms in total. The number of Topliss-reactive ketones (excluding diaryl/α,β-unsaturated/α-hetero) is 1. The molecule has 0 fully saturated rings. The smallest absolute Gasteiger partial charge is 0.338 e. The van der Waals surface area contributed by atoms with E-state index < -0.39 is 24.0 Å². The van der Waals surface area contributed by atoms with Crippen LogP contribution in [-0.4, -0.2) is 43.0 Å². The summed E-state index contributed by atoms with van der Waals surface area (Å²) in [5.41, 5.74) is 0.381. The zero-order valence-electron chi connectivity index (χ0n) is 14.5. The third-order valence-corrected chi connectivity index (χ3v) is 4.51. The third-order valence-electron chi connectivity index (χ3n) is 3.60. The molecule has 0 spiro atoms. The van der Waals surface area contributed by atoms with E-state index in [0.717, 1.165) is 0 Å². The second kappa shape index (κ2) is 9.14. The van der Waals surface area contributed by atoms with E-state index in [9.17, 15) is 19.2 Å². The summed E-state index contributed by atoms with van der Waals surface area (Å²) in [6.45, 7) is 3.20. The molecule has 2 heterocycles. The monoisotopic (exact) mass is 380 g/mol. The van der Waals surface area contributed by atoms with Crippen LogP contribution in [0.15, 0.2) is 28.8 Å². The van der Waals surface area contributed by atoms with Crippen molar-refractivity contribution in [1.82, 2.24) is 10.6 Å². The maximum Gasteiger partial charge on any atom is 0.338 e. The standard InChI is InChI=1S/C17H20N2O6S/c1-3-24-16(22)15-10(2)18-17(23)19-11(15)9-25-14(21)7-6-12(20)13-5-4-8-26-13/h4-5,8,10H,3,6-7,9H2,1-2H3,(H2,18,19,23)/t10-/m1/s1. The van der Waals surface area contributed by atoms with Crippen molar-refractivity contribution in [3.63, 3.8) is 0 Å². The summed E-state index contributed by atoms with van der Waals surface area (Å²) in [6.07, 6.45) is -0.0477. The minimum Gasteiger partial charge on any atom is -0.463 e. The van der Waals surface area contributed by atoms with Crippen molar-refractivity contribution in [2.45, 2.75) is 32.7 Å². The summed E-state index contributed by atoms with van der Waals surface area (Å²) in [4.78, 5) is 48.0. The predicted octanol–water partition coefficient (Wildman–Crippen LogP) is 1.77. The van der Waals surface area contributed by atoms with Gasteiger partial charge in [0.25, 0.3) is 0 Å². The van der Waals surface area contributed by atoms with Gasteiger partial charge in [-0.05, 0) is 25.3 Å². The minimum atomic E-state index is -0.592. The summed E-state index contributed by atoms with van der Waals surface area (Å²) in [5.74, 6) is -1.32. The lowest BCUT2D eigenvalue weighted by molar-refractivity contribution is -0.143. The molecule has 1 aromatic rings. The molecule has 0 saturated heterocycles. The van der Waals surface area contributed by atoms with E-state index >= 15 is 0 Å². The van der Waals surface area contributed by atoms with Crippen molar-refractivity contribution >= 4 is 35.1 Å². The summed E-state index contributed by atoms with van der Waals surface area (Å²) in [7, 11) is 0. The van der Waals surface area contributed by atoms with Gasteiger partial charge in [0.1, 0.15) is 6.61 Å². The van der Waals surface area contributed by atoms with E-state index in [4.69, 9.17) is 9.47 Å². The van der Waals surface area contributed by atoms with Gasteiger partial charge < -0.3 is 20.1 Å². The molecule has 2 amide bonds. The molecule has 0 aliphatic carbocycles. The molecule has 9 heteroatoms. The molecule has 2 rings (SSSR count). The van der Waals surface area contributed by atoms with Crippen LogP contribution >= 0.6 is 11.3 Å². The summed E-state index contributed by atoms with van der Waals surface area (Å²) < 4.78 is 10.1. The highest BCUT2D eigenvalue weighted by atomic mass is 32.1. The van der Waals surface area contributed by atoms with Crippen molar-refractivity contribution in [3.05, 3.63) is 33.7 Å². The van der Waals surface area contributed by atoms with Gasteiger partial charge in [-0.3, -0.25) is 9.59 Å². The molecule has 0 bridgehead atoms. The fourth-order valence-corrected chi connectivity index (χ4v) is 3.09. The normalized spacial score (nSPS) is 16.5. The van der Waals surface area contributed by atoms with Gasteiger partial charge in [0.15, 0.2) is 5.78 Å². The molecule has 140 valence electrons. The van der Waals surface area contributed by atoms with Crippen LogP contribution in [0.3, 0.4) is 0 Å². The van der Waals surface area contributed by atoms with Crippen LogP contribution in [0.5, 0.6) is 0 Å². The first-order valence-corrected chi connectivity index (χ1v) is 9.00. The molecule has 1 aromatic heterocycles. The number of amides is 2. The van der Waals surface area contributed by atoms with Crippen LogP contribution in [0.25, 0.3) is 0 Å². The Hall–Kier alpha value is -2.68.